The van der Waals surface area contributed by atoms with E-state index in [2.05, 4.69) is 0 Å². The molecule has 1 unspecified atom stereocenters. The van der Waals surface area contributed by atoms with Crippen LogP contribution >= 0.6 is 11.3 Å². The number of rotatable bonds is 5. The van der Waals surface area contributed by atoms with Crippen LogP contribution in [0.2, 0.25) is 0 Å². The van der Waals surface area contributed by atoms with Crippen LogP contribution in [0.3, 0.4) is 0 Å². The molecule has 1 amide bonds. The van der Waals surface area contributed by atoms with Gasteiger partial charge in [0.15, 0.2) is 11.5 Å². The normalized spacial score (nSPS) is 16.8. The summed E-state index contributed by atoms with van der Waals surface area (Å²) in [5.41, 5.74) is 0.947. The number of nitrogens with zero attached hydrogens (tertiary/aromatic N) is 1. The molecule has 2 aliphatic rings. The van der Waals surface area contributed by atoms with Crippen molar-refractivity contribution >= 4 is 23.2 Å². The smallest absolute Gasteiger partial charge is 0.326 e. The lowest BCUT2D eigenvalue weighted by Crippen LogP contribution is -2.44. The molecule has 1 atom stereocenters. The van der Waals surface area contributed by atoms with Gasteiger partial charge in [0.1, 0.15) is 19.3 Å². The molecule has 0 saturated heterocycles. The van der Waals surface area contributed by atoms with Gasteiger partial charge in [0.25, 0.3) is 5.91 Å². The maximum absolute atomic E-state index is 12.9. The highest BCUT2D eigenvalue weighted by Crippen LogP contribution is 2.38. The Balaban J connectivity index is 1.59. The van der Waals surface area contributed by atoms with Gasteiger partial charge < -0.3 is 19.5 Å². The fourth-order valence-corrected chi connectivity index (χ4v) is 4.01. The van der Waals surface area contributed by atoms with Gasteiger partial charge in [0.05, 0.1) is 4.88 Å². The van der Waals surface area contributed by atoms with Crippen molar-refractivity contribution in [3.8, 4) is 21.9 Å². The van der Waals surface area contributed by atoms with Crippen LogP contribution in [0.25, 0.3) is 10.4 Å². The molecule has 7 heteroatoms. The molecular weight excluding hydrogens is 354 g/mol. The van der Waals surface area contributed by atoms with Crippen LogP contribution in [0.15, 0.2) is 30.3 Å². The van der Waals surface area contributed by atoms with Crippen molar-refractivity contribution in [2.45, 2.75) is 31.8 Å². The third kappa shape index (κ3) is 3.14. The maximum Gasteiger partial charge on any atom is 0.326 e. The number of ether oxygens (including phenoxy) is 2. The second-order valence-corrected chi connectivity index (χ2v) is 7.56. The summed E-state index contributed by atoms with van der Waals surface area (Å²) in [5, 5.41) is 9.30. The summed E-state index contributed by atoms with van der Waals surface area (Å²) < 4.78 is 11.1. The monoisotopic (exact) mass is 373 g/mol. The zero-order valence-corrected chi connectivity index (χ0v) is 15.1. The summed E-state index contributed by atoms with van der Waals surface area (Å²) in [6.45, 7) is 2.63. The van der Waals surface area contributed by atoms with Crippen molar-refractivity contribution in [3.63, 3.8) is 0 Å². The van der Waals surface area contributed by atoms with Crippen molar-refractivity contribution < 1.29 is 24.2 Å². The number of carbonyl (C=O) groups is 2. The molecule has 1 aromatic heterocycles. The van der Waals surface area contributed by atoms with Gasteiger partial charge in [0.2, 0.25) is 0 Å². The number of aliphatic carboxylic acids is 1. The predicted molar refractivity (Wildman–Crippen MR) is 97.0 cm³/mol. The van der Waals surface area contributed by atoms with Crippen molar-refractivity contribution in [1.29, 1.82) is 0 Å². The Morgan fingerprint density at radius 2 is 1.88 bits per heavy atom. The number of benzene rings is 1. The highest BCUT2D eigenvalue weighted by molar-refractivity contribution is 7.17. The van der Waals surface area contributed by atoms with Crippen molar-refractivity contribution in [2.75, 3.05) is 13.2 Å². The molecule has 1 aliphatic carbocycles. The van der Waals surface area contributed by atoms with E-state index in [0.717, 1.165) is 29.0 Å². The number of amides is 1. The molecule has 6 nitrogen and oxygen atoms in total. The minimum absolute atomic E-state index is 0.0356. The highest BCUT2D eigenvalue weighted by Gasteiger charge is 2.39. The zero-order valence-electron chi connectivity index (χ0n) is 14.3. The van der Waals surface area contributed by atoms with Crippen LogP contribution in [0, 0.1) is 0 Å². The predicted octanol–water partition coefficient (Wildman–Crippen LogP) is 3.26. The molecule has 0 radical (unpaired) electrons. The van der Waals surface area contributed by atoms with E-state index < -0.39 is 12.0 Å². The number of hydrogen-bond acceptors (Lipinski definition) is 5. The van der Waals surface area contributed by atoms with E-state index in [1.165, 1.54) is 16.2 Å². The molecule has 1 aliphatic heterocycles. The fourth-order valence-electron chi connectivity index (χ4n) is 3.06. The van der Waals surface area contributed by atoms with E-state index in [0.29, 0.717) is 23.8 Å². The summed E-state index contributed by atoms with van der Waals surface area (Å²) in [6.07, 6.45) is 1.73. The molecule has 1 N–H and O–H groups in total. The summed E-state index contributed by atoms with van der Waals surface area (Å²) in [6, 6.07) is 8.58. The van der Waals surface area contributed by atoms with Gasteiger partial charge in [0, 0.05) is 10.9 Å². The van der Waals surface area contributed by atoms with Crippen molar-refractivity contribution in [3.05, 3.63) is 35.2 Å². The minimum Gasteiger partial charge on any atom is -0.486 e. The summed E-state index contributed by atoms with van der Waals surface area (Å²) >= 11 is 1.37. The van der Waals surface area contributed by atoms with E-state index >= 15 is 0 Å². The zero-order chi connectivity index (χ0) is 18.3. The lowest BCUT2D eigenvalue weighted by atomic mass is 10.1. The van der Waals surface area contributed by atoms with Crippen LogP contribution in [-0.4, -0.2) is 47.2 Å². The van der Waals surface area contributed by atoms with Crippen LogP contribution in [0.4, 0.5) is 0 Å². The first-order valence-corrected chi connectivity index (χ1v) is 9.41. The van der Waals surface area contributed by atoms with E-state index in [4.69, 9.17) is 9.47 Å². The van der Waals surface area contributed by atoms with Gasteiger partial charge in [-0.25, -0.2) is 4.79 Å². The summed E-state index contributed by atoms with van der Waals surface area (Å²) in [5.74, 6) is 0.238. The minimum atomic E-state index is -0.978. The molecule has 1 saturated carbocycles. The summed E-state index contributed by atoms with van der Waals surface area (Å²) in [7, 11) is 0. The number of carboxylic acids is 1. The first kappa shape index (κ1) is 16.9. The Kier molecular flexibility index (Phi) is 4.32. The maximum atomic E-state index is 12.9. The van der Waals surface area contributed by atoms with Crippen LogP contribution in [0.5, 0.6) is 11.5 Å². The van der Waals surface area contributed by atoms with Crippen LogP contribution in [0.1, 0.15) is 29.4 Å². The van der Waals surface area contributed by atoms with Gasteiger partial charge in [-0.05, 0) is 55.7 Å². The SMILES string of the molecule is CC(C(=O)O)N(C(=O)c1ccc(-c2ccc3c(c2)OCCO3)s1)C1CC1. The third-order valence-corrected chi connectivity index (χ3v) is 5.72. The first-order chi connectivity index (χ1) is 12.5. The van der Waals surface area contributed by atoms with Crippen LogP contribution in [-0.2, 0) is 4.79 Å². The molecule has 0 bridgehead atoms. The van der Waals surface area contributed by atoms with E-state index in [1.54, 1.807) is 13.0 Å². The van der Waals surface area contributed by atoms with Gasteiger partial charge in [-0.3, -0.25) is 4.79 Å². The molecule has 26 heavy (non-hydrogen) atoms. The van der Waals surface area contributed by atoms with Crippen molar-refractivity contribution in [1.82, 2.24) is 4.90 Å². The van der Waals surface area contributed by atoms with Crippen LogP contribution < -0.4 is 9.47 Å². The first-order valence-electron chi connectivity index (χ1n) is 8.60. The van der Waals surface area contributed by atoms with Gasteiger partial charge in [-0.15, -0.1) is 11.3 Å². The lowest BCUT2D eigenvalue weighted by molar-refractivity contribution is -0.141. The summed E-state index contributed by atoms with van der Waals surface area (Å²) in [4.78, 5) is 27.2. The molecule has 136 valence electrons. The Morgan fingerprint density at radius 3 is 2.58 bits per heavy atom. The Labute approximate surface area is 155 Å². The number of fused-ring (bicyclic) bond motifs is 1. The van der Waals surface area contributed by atoms with Crippen molar-refractivity contribution in [2.24, 2.45) is 0 Å². The fraction of sp³-hybridized carbons (Fsp3) is 0.368. The molecule has 1 aromatic carbocycles. The Bertz CT molecular complexity index is 857. The number of thiophene rings is 1. The van der Waals surface area contributed by atoms with Gasteiger partial charge in [-0.1, -0.05) is 0 Å². The Morgan fingerprint density at radius 1 is 1.15 bits per heavy atom. The topological polar surface area (TPSA) is 76.1 Å². The van der Waals surface area contributed by atoms with E-state index in [-0.39, 0.29) is 11.9 Å². The van der Waals surface area contributed by atoms with E-state index in [9.17, 15) is 14.7 Å². The second-order valence-electron chi connectivity index (χ2n) is 6.48. The van der Waals surface area contributed by atoms with Gasteiger partial charge >= 0.3 is 5.97 Å². The largest absolute Gasteiger partial charge is 0.486 e. The van der Waals surface area contributed by atoms with E-state index in [1.807, 2.05) is 24.3 Å². The second kappa shape index (κ2) is 6.64. The lowest BCUT2D eigenvalue weighted by Gasteiger charge is -2.25. The average Bonchev–Trinajstić information content (AvgIpc) is 3.35. The third-order valence-electron chi connectivity index (χ3n) is 4.59. The highest BCUT2D eigenvalue weighted by atomic mass is 32.1. The molecule has 4 rings (SSSR count). The number of carbonyl (C=O) groups excluding carboxylic acids is 1. The molecule has 2 heterocycles. The molecule has 1 fully saturated rings. The molecular formula is C19H19NO5S. The standard InChI is InChI=1S/C19H19NO5S/c1-11(19(22)23)20(13-3-4-13)18(21)17-7-6-16(26-17)12-2-5-14-15(10-12)25-9-8-24-14/h2,5-7,10-11,13H,3-4,8-9H2,1H3,(H,22,23). The van der Waals surface area contributed by atoms with Gasteiger partial charge in [-0.2, -0.15) is 0 Å². The number of hydrogen-bond donors (Lipinski definition) is 1. The number of carboxylic acid groups (broad SMARTS) is 1. The molecule has 0 spiro atoms. The Hall–Kier alpha value is -2.54. The average molecular weight is 373 g/mol. The quantitative estimate of drug-likeness (QED) is 0.871. The molecule has 2 aromatic rings.